The van der Waals surface area contributed by atoms with Crippen LogP contribution in [0.2, 0.25) is 0 Å². The van der Waals surface area contributed by atoms with Crippen molar-refractivity contribution in [3.05, 3.63) is 29.8 Å². The Balaban J connectivity index is 1.69. The predicted octanol–water partition coefficient (Wildman–Crippen LogP) is 0.208. The Bertz CT molecular complexity index is 786. The number of sulfonamides is 1. The van der Waals surface area contributed by atoms with Crippen LogP contribution in [0.4, 0.5) is 0 Å². The second-order valence-corrected chi connectivity index (χ2v) is 9.89. The van der Waals surface area contributed by atoms with E-state index in [0.717, 1.165) is 5.56 Å². The molecule has 1 amide bonds. The number of nitrogens with two attached hydrogens (primary N) is 1. The van der Waals surface area contributed by atoms with E-state index in [-0.39, 0.29) is 28.2 Å². The van der Waals surface area contributed by atoms with E-state index in [9.17, 15) is 21.6 Å². The van der Waals surface area contributed by atoms with Crippen LogP contribution < -0.4 is 10.5 Å². The van der Waals surface area contributed by atoms with Crippen LogP contribution >= 0.6 is 0 Å². The van der Waals surface area contributed by atoms with E-state index in [1.165, 1.54) is 12.1 Å². The van der Waals surface area contributed by atoms with Crippen LogP contribution in [0.1, 0.15) is 24.8 Å². The van der Waals surface area contributed by atoms with Gasteiger partial charge in [0.15, 0.2) is 9.84 Å². The molecule has 0 aromatic heterocycles. The van der Waals surface area contributed by atoms with Crippen molar-refractivity contribution in [2.45, 2.75) is 30.6 Å². The number of sulfone groups is 1. The molecule has 3 N–H and O–H groups in total. The highest BCUT2D eigenvalue weighted by Gasteiger charge is 2.27. The van der Waals surface area contributed by atoms with Crippen LogP contribution in [-0.2, 0) is 31.1 Å². The van der Waals surface area contributed by atoms with Crippen molar-refractivity contribution in [2.24, 2.45) is 11.1 Å². The highest BCUT2D eigenvalue weighted by molar-refractivity contribution is 7.91. The molecule has 0 spiro atoms. The normalized spacial score (nSPS) is 20.0. The first-order valence-electron chi connectivity index (χ1n) is 7.74. The van der Waals surface area contributed by atoms with Gasteiger partial charge in [-0.25, -0.2) is 22.0 Å². The van der Waals surface area contributed by atoms with Gasteiger partial charge in [-0.1, -0.05) is 12.1 Å². The summed E-state index contributed by atoms with van der Waals surface area (Å²) in [5.41, 5.74) is 0.893. The lowest BCUT2D eigenvalue weighted by Gasteiger charge is -2.08. The summed E-state index contributed by atoms with van der Waals surface area (Å²) >= 11 is 0. The lowest BCUT2D eigenvalue weighted by Crippen LogP contribution is -2.26. The summed E-state index contributed by atoms with van der Waals surface area (Å²) in [6.07, 6.45) is 2.14. The zero-order valence-corrected chi connectivity index (χ0v) is 14.9. The number of carbonyl (C=O) groups excluding carboxylic acids is 1. The maximum absolute atomic E-state index is 11.8. The summed E-state index contributed by atoms with van der Waals surface area (Å²) in [5.74, 6) is 0.414. The van der Waals surface area contributed by atoms with E-state index in [1.54, 1.807) is 12.1 Å². The molecule has 1 aliphatic rings. The maximum Gasteiger partial charge on any atom is 0.238 e. The zero-order chi connectivity index (χ0) is 17.8. The van der Waals surface area contributed by atoms with Gasteiger partial charge < -0.3 is 5.32 Å². The van der Waals surface area contributed by atoms with E-state index in [1.807, 2.05) is 0 Å². The first-order valence-corrected chi connectivity index (χ1v) is 11.1. The summed E-state index contributed by atoms with van der Waals surface area (Å²) in [6.45, 7) is 0.441. The third kappa shape index (κ3) is 5.88. The second kappa shape index (κ2) is 7.62. The fourth-order valence-corrected chi connectivity index (χ4v) is 5.14. The molecule has 1 unspecified atom stereocenters. The largest absolute Gasteiger partial charge is 0.356 e. The Morgan fingerprint density at radius 2 is 1.92 bits per heavy atom. The number of carbonyl (C=O) groups is 1. The van der Waals surface area contributed by atoms with Crippen LogP contribution in [0.3, 0.4) is 0 Å². The van der Waals surface area contributed by atoms with E-state index in [4.69, 9.17) is 5.14 Å². The van der Waals surface area contributed by atoms with Gasteiger partial charge in [-0.3, -0.25) is 4.79 Å². The number of rotatable bonds is 7. The minimum absolute atomic E-state index is 0.0572. The van der Waals surface area contributed by atoms with Crippen molar-refractivity contribution in [1.82, 2.24) is 5.32 Å². The molecule has 1 heterocycles. The predicted molar refractivity (Wildman–Crippen MR) is 90.5 cm³/mol. The van der Waals surface area contributed by atoms with E-state index in [2.05, 4.69) is 5.32 Å². The number of nitrogens with one attached hydrogen (secondary N) is 1. The molecule has 0 radical (unpaired) electrons. The molecule has 1 atom stereocenters. The van der Waals surface area contributed by atoms with Crippen LogP contribution in [0.25, 0.3) is 0 Å². The molecule has 1 aliphatic heterocycles. The van der Waals surface area contributed by atoms with Gasteiger partial charge in [0, 0.05) is 13.0 Å². The number of benzene rings is 1. The number of hydrogen-bond donors (Lipinski definition) is 2. The fourth-order valence-electron chi connectivity index (χ4n) is 2.72. The standard InChI is InChI=1S/C15H22N2O5S2/c16-24(21,22)14-4-1-12(2-5-14)7-9-17-15(18)6-3-13-8-10-23(19,20)11-13/h1-2,4-5,13H,3,6-11H2,(H,17,18)(H2,16,21,22). The topological polar surface area (TPSA) is 123 Å². The van der Waals surface area contributed by atoms with Crippen LogP contribution in [0.15, 0.2) is 29.2 Å². The average molecular weight is 374 g/mol. The third-order valence-corrected chi connectivity index (χ3v) is 6.86. The van der Waals surface area contributed by atoms with Crippen molar-refractivity contribution >= 4 is 25.8 Å². The smallest absolute Gasteiger partial charge is 0.238 e. The van der Waals surface area contributed by atoms with Crippen molar-refractivity contribution in [3.63, 3.8) is 0 Å². The van der Waals surface area contributed by atoms with Gasteiger partial charge in [0.25, 0.3) is 0 Å². The second-order valence-electron chi connectivity index (χ2n) is 6.10. The number of hydrogen-bond acceptors (Lipinski definition) is 5. The molecule has 0 aliphatic carbocycles. The molecule has 1 saturated heterocycles. The molecule has 1 aromatic rings. The minimum Gasteiger partial charge on any atom is -0.356 e. The molecule has 1 aromatic carbocycles. The molecule has 7 nitrogen and oxygen atoms in total. The first-order chi connectivity index (χ1) is 11.2. The van der Waals surface area contributed by atoms with Gasteiger partial charge in [-0.05, 0) is 42.9 Å². The third-order valence-electron chi connectivity index (χ3n) is 4.09. The monoisotopic (exact) mass is 374 g/mol. The molecule has 2 rings (SSSR count). The van der Waals surface area contributed by atoms with Gasteiger partial charge in [-0.15, -0.1) is 0 Å². The summed E-state index contributed by atoms with van der Waals surface area (Å²) in [4.78, 5) is 11.8. The van der Waals surface area contributed by atoms with Crippen LogP contribution in [0.5, 0.6) is 0 Å². The highest BCUT2D eigenvalue weighted by atomic mass is 32.2. The Kier molecular flexibility index (Phi) is 6.00. The minimum atomic E-state index is -3.69. The van der Waals surface area contributed by atoms with Gasteiger partial charge in [-0.2, -0.15) is 0 Å². The zero-order valence-electron chi connectivity index (χ0n) is 13.3. The molecule has 134 valence electrons. The summed E-state index contributed by atoms with van der Waals surface area (Å²) in [6, 6.07) is 6.20. The SMILES string of the molecule is NS(=O)(=O)c1ccc(CCNC(=O)CCC2CCS(=O)(=O)C2)cc1. The molecule has 9 heteroatoms. The van der Waals surface area contributed by atoms with Crippen molar-refractivity contribution < 1.29 is 21.6 Å². The molecule has 1 fully saturated rings. The quantitative estimate of drug-likeness (QED) is 0.706. The first kappa shape index (κ1) is 18.9. The van der Waals surface area contributed by atoms with Gasteiger partial charge in [0.05, 0.1) is 16.4 Å². The molecular weight excluding hydrogens is 352 g/mol. The Morgan fingerprint density at radius 1 is 1.25 bits per heavy atom. The van der Waals surface area contributed by atoms with Crippen LogP contribution in [0, 0.1) is 5.92 Å². The van der Waals surface area contributed by atoms with Gasteiger partial charge >= 0.3 is 0 Å². The Morgan fingerprint density at radius 3 is 2.46 bits per heavy atom. The molecule has 24 heavy (non-hydrogen) atoms. The summed E-state index contributed by atoms with van der Waals surface area (Å²) < 4.78 is 45.0. The number of primary sulfonamides is 1. The maximum atomic E-state index is 11.8. The lowest BCUT2D eigenvalue weighted by atomic mass is 10.0. The Labute approximate surface area is 142 Å². The Hall–Kier alpha value is -1.45. The van der Waals surface area contributed by atoms with Gasteiger partial charge in [0.1, 0.15) is 0 Å². The molecule has 0 bridgehead atoms. The van der Waals surface area contributed by atoms with Crippen molar-refractivity contribution in [1.29, 1.82) is 0 Å². The molecule has 0 saturated carbocycles. The van der Waals surface area contributed by atoms with E-state index in [0.29, 0.717) is 32.2 Å². The summed E-state index contributed by atoms with van der Waals surface area (Å²) in [7, 11) is -6.58. The highest BCUT2D eigenvalue weighted by Crippen LogP contribution is 2.22. The molecular formula is C15H22N2O5S2. The fraction of sp³-hybridized carbons (Fsp3) is 0.533. The van der Waals surface area contributed by atoms with Gasteiger partial charge in [0.2, 0.25) is 15.9 Å². The number of amides is 1. The summed E-state index contributed by atoms with van der Waals surface area (Å²) in [5, 5.41) is 7.82. The van der Waals surface area contributed by atoms with E-state index < -0.39 is 19.9 Å². The average Bonchev–Trinajstić information content (AvgIpc) is 2.84. The lowest BCUT2D eigenvalue weighted by molar-refractivity contribution is -0.121. The van der Waals surface area contributed by atoms with Crippen molar-refractivity contribution in [2.75, 3.05) is 18.1 Å². The van der Waals surface area contributed by atoms with Crippen molar-refractivity contribution in [3.8, 4) is 0 Å². The van der Waals surface area contributed by atoms with E-state index >= 15 is 0 Å². The van der Waals surface area contributed by atoms with Crippen LogP contribution in [-0.4, -0.2) is 40.8 Å².